The lowest BCUT2D eigenvalue weighted by Gasteiger charge is -2.08. The molecule has 0 aliphatic heterocycles. The summed E-state index contributed by atoms with van der Waals surface area (Å²) in [6.07, 6.45) is 1.30. The molecular formula is C10H16N4O3S. The third-order valence-corrected chi connectivity index (χ3v) is 3.44. The topological polar surface area (TPSA) is 101 Å². The van der Waals surface area contributed by atoms with Gasteiger partial charge < -0.3 is 10.4 Å². The number of nitrogens with zero attached hydrogens (tertiary/aromatic N) is 3. The Hall–Kier alpha value is -1.41. The van der Waals surface area contributed by atoms with E-state index in [0.717, 1.165) is 0 Å². The van der Waals surface area contributed by atoms with E-state index in [1.165, 1.54) is 18.1 Å². The van der Waals surface area contributed by atoms with Crippen molar-refractivity contribution in [2.45, 2.75) is 18.9 Å². The molecule has 0 radical (unpaired) electrons. The summed E-state index contributed by atoms with van der Waals surface area (Å²) in [6, 6.07) is 0. The van der Waals surface area contributed by atoms with Gasteiger partial charge in [-0.1, -0.05) is 18.7 Å². The first-order valence-corrected chi connectivity index (χ1v) is 6.55. The molecule has 1 rings (SSSR count). The Morgan fingerprint density at radius 1 is 1.61 bits per heavy atom. The van der Waals surface area contributed by atoms with E-state index in [-0.39, 0.29) is 24.0 Å². The second-order valence-corrected chi connectivity index (χ2v) is 4.77. The Kier molecular flexibility index (Phi) is 5.79. The lowest BCUT2D eigenvalue weighted by molar-refractivity contribution is -0.387. The average Bonchev–Trinajstić information content (AvgIpc) is 2.36. The lowest BCUT2D eigenvalue weighted by Crippen LogP contribution is -2.07. The summed E-state index contributed by atoms with van der Waals surface area (Å²) in [7, 11) is 0. The van der Waals surface area contributed by atoms with Crippen LogP contribution in [0, 0.1) is 16.0 Å². The highest BCUT2D eigenvalue weighted by atomic mass is 32.2. The van der Waals surface area contributed by atoms with E-state index in [2.05, 4.69) is 15.3 Å². The van der Waals surface area contributed by atoms with Gasteiger partial charge in [0.05, 0.1) is 4.92 Å². The SMILES string of the molecule is CCNc1ncnc(SCC(C)CO)c1[N+](=O)[O-]. The number of aliphatic hydroxyl groups is 1. The lowest BCUT2D eigenvalue weighted by atomic mass is 10.2. The van der Waals surface area contributed by atoms with Crippen LogP contribution in [0.3, 0.4) is 0 Å². The molecule has 1 heterocycles. The molecule has 2 N–H and O–H groups in total. The molecule has 0 spiro atoms. The number of nitro groups is 1. The van der Waals surface area contributed by atoms with Gasteiger partial charge in [0, 0.05) is 18.9 Å². The number of nitrogens with one attached hydrogen (secondary N) is 1. The zero-order chi connectivity index (χ0) is 13.5. The average molecular weight is 272 g/mol. The van der Waals surface area contributed by atoms with Crippen molar-refractivity contribution in [2.24, 2.45) is 5.92 Å². The number of hydrogen-bond acceptors (Lipinski definition) is 7. The van der Waals surface area contributed by atoms with Crippen LogP contribution in [0.2, 0.25) is 0 Å². The summed E-state index contributed by atoms with van der Waals surface area (Å²) < 4.78 is 0. The maximum Gasteiger partial charge on any atom is 0.343 e. The highest BCUT2D eigenvalue weighted by Gasteiger charge is 2.23. The van der Waals surface area contributed by atoms with Gasteiger partial charge in [0.1, 0.15) is 6.33 Å². The summed E-state index contributed by atoms with van der Waals surface area (Å²) in [6.45, 7) is 4.30. The summed E-state index contributed by atoms with van der Waals surface area (Å²) in [5.41, 5.74) is -0.102. The molecule has 1 aromatic rings. The van der Waals surface area contributed by atoms with E-state index >= 15 is 0 Å². The summed E-state index contributed by atoms with van der Waals surface area (Å²) in [5, 5.41) is 23.2. The molecule has 0 bridgehead atoms. The van der Waals surface area contributed by atoms with Crippen LogP contribution in [0.15, 0.2) is 11.4 Å². The Morgan fingerprint density at radius 2 is 2.33 bits per heavy atom. The second-order valence-electron chi connectivity index (χ2n) is 3.76. The molecule has 100 valence electrons. The van der Waals surface area contributed by atoms with E-state index in [1.54, 1.807) is 0 Å². The monoisotopic (exact) mass is 272 g/mol. The van der Waals surface area contributed by atoms with Gasteiger partial charge in [-0.05, 0) is 12.8 Å². The first-order chi connectivity index (χ1) is 8.60. The molecule has 0 saturated carbocycles. The van der Waals surface area contributed by atoms with Gasteiger partial charge in [0.25, 0.3) is 0 Å². The van der Waals surface area contributed by atoms with Crippen LogP contribution in [-0.2, 0) is 0 Å². The molecule has 1 unspecified atom stereocenters. The number of anilines is 1. The zero-order valence-electron chi connectivity index (χ0n) is 10.3. The van der Waals surface area contributed by atoms with Gasteiger partial charge >= 0.3 is 5.69 Å². The molecule has 0 saturated heterocycles. The number of aliphatic hydroxyl groups excluding tert-OH is 1. The number of thioether (sulfide) groups is 1. The number of aromatic nitrogens is 2. The Bertz CT molecular complexity index is 416. The highest BCUT2D eigenvalue weighted by molar-refractivity contribution is 7.99. The first kappa shape index (κ1) is 14.7. The minimum absolute atomic E-state index is 0.0476. The van der Waals surface area contributed by atoms with Crippen molar-refractivity contribution < 1.29 is 10.0 Å². The predicted molar refractivity (Wildman–Crippen MR) is 69.8 cm³/mol. The molecule has 0 amide bonds. The van der Waals surface area contributed by atoms with Crippen molar-refractivity contribution in [3.05, 3.63) is 16.4 Å². The quantitative estimate of drug-likeness (QED) is 0.336. The fourth-order valence-electron chi connectivity index (χ4n) is 1.20. The highest BCUT2D eigenvalue weighted by Crippen LogP contribution is 2.32. The van der Waals surface area contributed by atoms with Gasteiger partial charge in [-0.2, -0.15) is 0 Å². The normalized spacial score (nSPS) is 12.2. The maximum atomic E-state index is 11.1. The van der Waals surface area contributed by atoms with E-state index < -0.39 is 4.92 Å². The van der Waals surface area contributed by atoms with Crippen molar-refractivity contribution in [3.8, 4) is 0 Å². The second kappa shape index (κ2) is 7.12. The molecule has 0 aliphatic carbocycles. The zero-order valence-corrected chi connectivity index (χ0v) is 11.1. The Balaban J connectivity index is 2.95. The summed E-state index contributed by atoms with van der Waals surface area (Å²) in [5.74, 6) is 0.865. The summed E-state index contributed by atoms with van der Waals surface area (Å²) in [4.78, 5) is 18.4. The predicted octanol–water partition coefficient (Wildman–Crippen LogP) is 1.54. The van der Waals surface area contributed by atoms with Crippen LogP contribution in [-0.4, -0.2) is 38.9 Å². The molecule has 8 heteroatoms. The van der Waals surface area contributed by atoms with E-state index in [1.807, 2.05) is 13.8 Å². The molecule has 1 atom stereocenters. The smallest absolute Gasteiger partial charge is 0.343 e. The molecule has 0 aliphatic rings. The Labute approximate surface area is 109 Å². The van der Waals surface area contributed by atoms with Crippen LogP contribution in [0.25, 0.3) is 0 Å². The van der Waals surface area contributed by atoms with Crippen LogP contribution >= 0.6 is 11.8 Å². The Morgan fingerprint density at radius 3 is 2.89 bits per heavy atom. The van der Waals surface area contributed by atoms with E-state index in [9.17, 15) is 10.1 Å². The number of hydrogen-bond donors (Lipinski definition) is 2. The van der Waals surface area contributed by atoms with Crippen LogP contribution in [0.4, 0.5) is 11.5 Å². The number of rotatable bonds is 7. The fraction of sp³-hybridized carbons (Fsp3) is 0.600. The van der Waals surface area contributed by atoms with Crippen molar-refractivity contribution >= 4 is 23.3 Å². The largest absolute Gasteiger partial charge is 0.396 e. The van der Waals surface area contributed by atoms with Crippen LogP contribution in [0.1, 0.15) is 13.8 Å². The molecular weight excluding hydrogens is 256 g/mol. The van der Waals surface area contributed by atoms with Gasteiger partial charge in [-0.25, -0.2) is 9.97 Å². The van der Waals surface area contributed by atoms with Gasteiger partial charge in [-0.15, -0.1) is 0 Å². The van der Waals surface area contributed by atoms with Gasteiger partial charge in [-0.3, -0.25) is 10.1 Å². The van der Waals surface area contributed by atoms with Crippen molar-refractivity contribution in [1.82, 2.24) is 9.97 Å². The fourth-order valence-corrected chi connectivity index (χ4v) is 2.18. The third-order valence-electron chi connectivity index (χ3n) is 2.13. The van der Waals surface area contributed by atoms with Crippen molar-refractivity contribution in [3.63, 3.8) is 0 Å². The standard InChI is InChI=1S/C10H16N4O3S/c1-3-11-9-8(14(16)17)10(13-6-12-9)18-5-7(2)4-15/h6-7,15H,3-5H2,1-2H3,(H,11,12,13). The molecule has 7 nitrogen and oxygen atoms in total. The van der Waals surface area contributed by atoms with E-state index in [4.69, 9.17) is 5.11 Å². The van der Waals surface area contributed by atoms with Crippen LogP contribution in [0.5, 0.6) is 0 Å². The van der Waals surface area contributed by atoms with Crippen molar-refractivity contribution in [2.75, 3.05) is 24.2 Å². The third kappa shape index (κ3) is 3.81. The molecule has 1 aromatic heterocycles. The molecule has 0 aromatic carbocycles. The minimum atomic E-state index is -0.482. The maximum absolute atomic E-state index is 11.1. The molecule has 0 fully saturated rings. The van der Waals surface area contributed by atoms with Crippen LogP contribution < -0.4 is 5.32 Å². The van der Waals surface area contributed by atoms with Gasteiger partial charge in [0.2, 0.25) is 5.82 Å². The molecule has 18 heavy (non-hydrogen) atoms. The summed E-state index contributed by atoms with van der Waals surface area (Å²) >= 11 is 1.26. The van der Waals surface area contributed by atoms with E-state index in [0.29, 0.717) is 17.3 Å². The minimum Gasteiger partial charge on any atom is -0.396 e. The first-order valence-electron chi connectivity index (χ1n) is 5.57. The van der Waals surface area contributed by atoms with Gasteiger partial charge in [0.15, 0.2) is 5.03 Å². The van der Waals surface area contributed by atoms with Crippen molar-refractivity contribution in [1.29, 1.82) is 0 Å².